The first-order valence-corrected chi connectivity index (χ1v) is 6.05. The Morgan fingerprint density at radius 2 is 1.83 bits per heavy atom. The summed E-state index contributed by atoms with van der Waals surface area (Å²) in [5, 5.41) is 20.1. The van der Waals surface area contributed by atoms with Crippen LogP contribution in [0.15, 0.2) is 36.4 Å². The fourth-order valence-corrected chi connectivity index (χ4v) is 1.60. The Bertz CT molecular complexity index is 479. The zero-order valence-corrected chi connectivity index (χ0v) is 10.4. The molecule has 0 unspecified atom stereocenters. The molecule has 0 aliphatic heterocycles. The van der Waals surface area contributed by atoms with Gasteiger partial charge in [0, 0.05) is 18.7 Å². The molecule has 1 aromatic carbocycles. The molecule has 0 amide bonds. The van der Waals surface area contributed by atoms with E-state index in [1.807, 2.05) is 24.3 Å². The van der Waals surface area contributed by atoms with Gasteiger partial charge in [0.2, 0.25) is 0 Å². The van der Waals surface area contributed by atoms with Gasteiger partial charge in [-0.3, -0.25) is 0 Å². The number of aliphatic hydroxyl groups excluding tert-OH is 1. The molecule has 0 atom stereocenters. The van der Waals surface area contributed by atoms with Gasteiger partial charge < -0.3 is 10.4 Å². The Morgan fingerprint density at radius 3 is 2.44 bits per heavy atom. The van der Waals surface area contributed by atoms with Crippen LogP contribution in [0.1, 0.15) is 12.0 Å². The maximum absolute atomic E-state index is 8.68. The van der Waals surface area contributed by atoms with Crippen molar-refractivity contribution in [2.45, 2.75) is 13.3 Å². The molecule has 1 heterocycles. The van der Waals surface area contributed by atoms with Gasteiger partial charge in [0.05, 0.1) is 5.69 Å². The van der Waals surface area contributed by atoms with Gasteiger partial charge in [0.15, 0.2) is 0 Å². The molecule has 18 heavy (non-hydrogen) atoms. The standard InChI is InChI=1S/C14H17N3O/c1-11-3-5-12(6-4-11)13-7-8-14(17-16-13)15-9-2-10-18/h3-8,18H,2,9-10H2,1H3,(H,15,17). The van der Waals surface area contributed by atoms with Crippen LogP contribution in [0.2, 0.25) is 0 Å². The number of nitrogens with zero attached hydrogens (tertiary/aromatic N) is 2. The zero-order valence-electron chi connectivity index (χ0n) is 10.4. The molecule has 0 radical (unpaired) electrons. The monoisotopic (exact) mass is 243 g/mol. The van der Waals surface area contributed by atoms with Gasteiger partial charge in [-0.05, 0) is 25.5 Å². The van der Waals surface area contributed by atoms with Crippen LogP contribution in [0.4, 0.5) is 5.82 Å². The molecule has 0 bridgehead atoms. The quantitative estimate of drug-likeness (QED) is 0.791. The van der Waals surface area contributed by atoms with Crippen LogP contribution in [0, 0.1) is 6.92 Å². The third-order valence-corrected chi connectivity index (χ3v) is 2.65. The lowest BCUT2D eigenvalue weighted by atomic mass is 10.1. The molecule has 4 heteroatoms. The molecule has 0 aliphatic rings. The van der Waals surface area contributed by atoms with Crippen molar-refractivity contribution < 1.29 is 5.11 Å². The first-order valence-electron chi connectivity index (χ1n) is 6.05. The highest BCUT2D eigenvalue weighted by atomic mass is 16.3. The van der Waals surface area contributed by atoms with E-state index in [0.717, 1.165) is 17.1 Å². The van der Waals surface area contributed by atoms with Crippen molar-refractivity contribution >= 4 is 5.82 Å². The highest BCUT2D eigenvalue weighted by molar-refractivity contribution is 5.59. The summed E-state index contributed by atoms with van der Waals surface area (Å²) < 4.78 is 0. The molecule has 4 nitrogen and oxygen atoms in total. The van der Waals surface area contributed by atoms with E-state index in [2.05, 4.69) is 34.6 Å². The van der Waals surface area contributed by atoms with Crippen LogP contribution < -0.4 is 5.32 Å². The van der Waals surface area contributed by atoms with E-state index in [1.54, 1.807) is 0 Å². The minimum Gasteiger partial charge on any atom is -0.396 e. The van der Waals surface area contributed by atoms with E-state index in [-0.39, 0.29) is 6.61 Å². The fourth-order valence-electron chi connectivity index (χ4n) is 1.60. The van der Waals surface area contributed by atoms with Gasteiger partial charge in [0.25, 0.3) is 0 Å². The predicted molar refractivity (Wildman–Crippen MR) is 72.4 cm³/mol. The summed E-state index contributed by atoms with van der Waals surface area (Å²) in [7, 11) is 0. The van der Waals surface area contributed by atoms with Gasteiger partial charge in [-0.2, -0.15) is 0 Å². The van der Waals surface area contributed by atoms with Crippen LogP contribution in [0.3, 0.4) is 0 Å². The number of aryl methyl sites for hydroxylation is 1. The lowest BCUT2D eigenvalue weighted by molar-refractivity contribution is 0.292. The lowest BCUT2D eigenvalue weighted by Crippen LogP contribution is -2.05. The summed E-state index contributed by atoms with van der Waals surface area (Å²) in [6, 6.07) is 12.0. The van der Waals surface area contributed by atoms with Gasteiger partial charge in [0.1, 0.15) is 5.82 Å². The second-order valence-corrected chi connectivity index (χ2v) is 4.17. The van der Waals surface area contributed by atoms with Crippen molar-refractivity contribution in [1.29, 1.82) is 0 Å². The highest BCUT2D eigenvalue weighted by Crippen LogP contribution is 2.17. The molecule has 2 aromatic rings. The van der Waals surface area contributed by atoms with Crippen molar-refractivity contribution in [3.8, 4) is 11.3 Å². The molecule has 2 rings (SSSR count). The van der Waals surface area contributed by atoms with Crippen molar-refractivity contribution in [2.24, 2.45) is 0 Å². The average Bonchev–Trinajstić information content (AvgIpc) is 2.41. The Kier molecular flexibility index (Phi) is 4.25. The number of anilines is 1. The van der Waals surface area contributed by atoms with Crippen LogP contribution in [0.25, 0.3) is 11.3 Å². The maximum Gasteiger partial charge on any atom is 0.148 e. The number of nitrogens with one attached hydrogen (secondary N) is 1. The summed E-state index contributed by atoms with van der Waals surface area (Å²) in [5.41, 5.74) is 3.16. The number of aromatic nitrogens is 2. The average molecular weight is 243 g/mol. The van der Waals surface area contributed by atoms with E-state index in [1.165, 1.54) is 5.56 Å². The molecular weight excluding hydrogens is 226 g/mol. The summed E-state index contributed by atoms with van der Waals surface area (Å²) in [4.78, 5) is 0. The largest absolute Gasteiger partial charge is 0.396 e. The molecule has 1 aromatic heterocycles. The number of hydrogen-bond donors (Lipinski definition) is 2. The molecule has 0 aliphatic carbocycles. The van der Waals surface area contributed by atoms with E-state index >= 15 is 0 Å². The molecule has 0 fully saturated rings. The normalized spacial score (nSPS) is 10.3. The maximum atomic E-state index is 8.68. The van der Waals surface area contributed by atoms with E-state index in [0.29, 0.717) is 13.0 Å². The SMILES string of the molecule is Cc1ccc(-c2ccc(NCCCO)nn2)cc1. The summed E-state index contributed by atoms with van der Waals surface area (Å²) in [6.07, 6.45) is 0.710. The van der Waals surface area contributed by atoms with E-state index in [9.17, 15) is 0 Å². The zero-order chi connectivity index (χ0) is 12.8. The Hall–Kier alpha value is -1.94. The topological polar surface area (TPSA) is 58.0 Å². The molecule has 94 valence electrons. The van der Waals surface area contributed by atoms with Crippen LogP contribution in [0.5, 0.6) is 0 Å². The van der Waals surface area contributed by atoms with Crippen molar-refractivity contribution in [3.05, 3.63) is 42.0 Å². The highest BCUT2D eigenvalue weighted by Gasteiger charge is 2.00. The molecule has 0 saturated heterocycles. The minimum atomic E-state index is 0.182. The first-order chi connectivity index (χ1) is 8.79. The molecule has 0 saturated carbocycles. The number of rotatable bonds is 5. The number of aliphatic hydroxyl groups is 1. The van der Waals surface area contributed by atoms with Gasteiger partial charge >= 0.3 is 0 Å². The first kappa shape index (κ1) is 12.5. The second kappa shape index (κ2) is 6.12. The number of hydrogen-bond acceptors (Lipinski definition) is 4. The fraction of sp³-hybridized carbons (Fsp3) is 0.286. The van der Waals surface area contributed by atoms with Gasteiger partial charge in [-0.15, -0.1) is 10.2 Å². The molecule has 0 spiro atoms. The third kappa shape index (κ3) is 3.28. The van der Waals surface area contributed by atoms with Crippen molar-refractivity contribution in [1.82, 2.24) is 10.2 Å². The Morgan fingerprint density at radius 1 is 1.06 bits per heavy atom. The van der Waals surface area contributed by atoms with Gasteiger partial charge in [-0.25, -0.2) is 0 Å². The molecule has 2 N–H and O–H groups in total. The smallest absolute Gasteiger partial charge is 0.148 e. The predicted octanol–water partition coefficient (Wildman–Crippen LogP) is 2.25. The lowest BCUT2D eigenvalue weighted by Gasteiger charge is -2.05. The summed E-state index contributed by atoms with van der Waals surface area (Å²) in [6.45, 7) is 2.95. The Balaban J connectivity index is 2.05. The molecular formula is C14H17N3O. The van der Waals surface area contributed by atoms with Gasteiger partial charge in [-0.1, -0.05) is 29.8 Å². The summed E-state index contributed by atoms with van der Waals surface area (Å²) in [5.74, 6) is 0.735. The van der Waals surface area contributed by atoms with Crippen LogP contribution in [-0.2, 0) is 0 Å². The third-order valence-electron chi connectivity index (χ3n) is 2.65. The van der Waals surface area contributed by atoms with Crippen LogP contribution >= 0.6 is 0 Å². The Labute approximate surface area is 107 Å². The second-order valence-electron chi connectivity index (χ2n) is 4.17. The summed E-state index contributed by atoms with van der Waals surface area (Å²) >= 11 is 0. The number of benzene rings is 1. The van der Waals surface area contributed by atoms with Crippen molar-refractivity contribution in [3.63, 3.8) is 0 Å². The van der Waals surface area contributed by atoms with E-state index < -0.39 is 0 Å². The minimum absolute atomic E-state index is 0.182. The van der Waals surface area contributed by atoms with Crippen LogP contribution in [-0.4, -0.2) is 28.5 Å². The van der Waals surface area contributed by atoms with E-state index in [4.69, 9.17) is 5.11 Å². The van der Waals surface area contributed by atoms with Crippen molar-refractivity contribution in [2.75, 3.05) is 18.5 Å².